The molecule has 1 aromatic carbocycles. The van der Waals surface area contributed by atoms with Gasteiger partial charge in [0.15, 0.2) is 6.67 Å². The van der Waals surface area contributed by atoms with Gasteiger partial charge in [0.1, 0.15) is 23.1 Å². The van der Waals surface area contributed by atoms with E-state index in [1.165, 1.54) is 16.8 Å². The first-order chi connectivity index (χ1) is 12.8. The number of halogens is 4. The van der Waals surface area contributed by atoms with E-state index in [9.17, 15) is 17.6 Å². The van der Waals surface area contributed by atoms with Crippen LogP contribution in [0.15, 0.2) is 36.7 Å². The fraction of sp³-hybridized carbons (Fsp3) is 0.421. The van der Waals surface area contributed by atoms with Gasteiger partial charge in [0.25, 0.3) is 0 Å². The highest BCUT2D eigenvalue weighted by atomic mass is 19.3. The van der Waals surface area contributed by atoms with Crippen molar-refractivity contribution < 1.29 is 17.6 Å². The van der Waals surface area contributed by atoms with E-state index < -0.39 is 24.1 Å². The van der Waals surface area contributed by atoms with Crippen LogP contribution in [0.4, 0.5) is 29.1 Å². The van der Waals surface area contributed by atoms with E-state index in [1.807, 2.05) is 0 Å². The molecule has 0 atom stereocenters. The Balaban J connectivity index is 1.82. The number of hydrogen-bond donors (Lipinski definition) is 2. The van der Waals surface area contributed by atoms with E-state index in [1.54, 1.807) is 13.0 Å². The summed E-state index contributed by atoms with van der Waals surface area (Å²) >= 11 is 0. The lowest BCUT2D eigenvalue weighted by Crippen LogP contribution is -2.18. The number of aromatic nitrogens is 2. The lowest BCUT2D eigenvalue weighted by atomic mass is 10.2. The van der Waals surface area contributed by atoms with Crippen molar-refractivity contribution in [2.75, 3.05) is 17.3 Å². The Kier molecular flexibility index (Phi) is 5.43. The maximum absolute atomic E-state index is 13.8. The molecule has 0 bridgehead atoms. The SMILES string of the molecule is C=C(Nc1cc(C)cc(F)c1)Nc1cc(C(F)(F)CF)nn1C1CCCC1. The number of anilines is 2. The summed E-state index contributed by atoms with van der Waals surface area (Å²) in [6.45, 7) is 3.76. The molecule has 0 amide bonds. The highest BCUT2D eigenvalue weighted by Crippen LogP contribution is 2.36. The molecule has 1 saturated carbocycles. The van der Waals surface area contributed by atoms with Gasteiger partial charge in [-0.3, -0.25) is 0 Å². The molecule has 1 aliphatic rings. The first-order valence-electron chi connectivity index (χ1n) is 8.82. The summed E-state index contributed by atoms with van der Waals surface area (Å²) in [5.41, 5.74) is 0.589. The third-order valence-corrected chi connectivity index (χ3v) is 4.57. The normalized spacial score (nSPS) is 15.1. The Morgan fingerprint density at radius 2 is 1.93 bits per heavy atom. The summed E-state index contributed by atoms with van der Waals surface area (Å²) in [5, 5.41) is 9.77. The molecular weight excluding hydrogens is 360 g/mol. The van der Waals surface area contributed by atoms with E-state index in [0.29, 0.717) is 11.5 Å². The van der Waals surface area contributed by atoms with Gasteiger partial charge in [0, 0.05) is 11.8 Å². The number of alkyl halides is 3. The van der Waals surface area contributed by atoms with Crippen LogP contribution in [0.2, 0.25) is 0 Å². The summed E-state index contributed by atoms with van der Waals surface area (Å²) in [4.78, 5) is 0. The first-order valence-corrected chi connectivity index (χ1v) is 8.82. The average molecular weight is 382 g/mol. The fourth-order valence-electron chi connectivity index (χ4n) is 3.33. The predicted octanol–water partition coefficient (Wildman–Crippen LogP) is 5.50. The molecule has 0 radical (unpaired) electrons. The van der Waals surface area contributed by atoms with Crippen molar-refractivity contribution in [3.05, 3.63) is 53.7 Å². The van der Waals surface area contributed by atoms with Crippen LogP contribution in [0.1, 0.15) is 43.0 Å². The van der Waals surface area contributed by atoms with Crippen molar-refractivity contribution in [1.29, 1.82) is 0 Å². The van der Waals surface area contributed by atoms with Crippen LogP contribution in [-0.4, -0.2) is 16.5 Å². The van der Waals surface area contributed by atoms with Crippen molar-refractivity contribution in [3.8, 4) is 0 Å². The second-order valence-electron chi connectivity index (χ2n) is 6.88. The van der Waals surface area contributed by atoms with Crippen LogP contribution >= 0.6 is 0 Å². The number of hydrogen-bond acceptors (Lipinski definition) is 3. The molecule has 0 aliphatic heterocycles. The number of nitrogens with zero attached hydrogens (tertiary/aromatic N) is 2. The van der Waals surface area contributed by atoms with Crippen LogP contribution in [0.3, 0.4) is 0 Å². The third kappa shape index (κ3) is 4.43. The molecule has 2 aromatic rings. The molecule has 27 heavy (non-hydrogen) atoms. The van der Waals surface area contributed by atoms with Crippen molar-refractivity contribution in [3.63, 3.8) is 0 Å². The Morgan fingerprint density at radius 1 is 1.22 bits per heavy atom. The molecule has 0 saturated heterocycles. The lowest BCUT2D eigenvalue weighted by molar-refractivity contribution is -0.0328. The monoisotopic (exact) mass is 382 g/mol. The Labute approximate surface area is 155 Å². The van der Waals surface area contributed by atoms with E-state index in [0.717, 1.165) is 37.3 Å². The van der Waals surface area contributed by atoms with Gasteiger partial charge in [0.2, 0.25) is 0 Å². The van der Waals surface area contributed by atoms with Gasteiger partial charge in [-0.1, -0.05) is 19.4 Å². The average Bonchev–Trinajstić information content (AvgIpc) is 3.23. The highest BCUT2D eigenvalue weighted by molar-refractivity contribution is 5.55. The summed E-state index contributed by atoms with van der Waals surface area (Å²) in [7, 11) is 0. The number of rotatable bonds is 7. The van der Waals surface area contributed by atoms with Crippen molar-refractivity contribution in [2.24, 2.45) is 0 Å². The summed E-state index contributed by atoms with van der Waals surface area (Å²) < 4.78 is 55.3. The van der Waals surface area contributed by atoms with Gasteiger partial charge >= 0.3 is 5.92 Å². The van der Waals surface area contributed by atoms with Gasteiger partial charge in [-0.2, -0.15) is 13.9 Å². The largest absolute Gasteiger partial charge is 0.342 e. The summed E-state index contributed by atoms with van der Waals surface area (Å²) in [6, 6.07) is 5.54. The van der Waals surface area contributed by atoms with Gasteiger partial charge < -0.3 is 10.6 Å². The molecule has 2 N–H and O–H groups in total. The Morgan fingerprint density at radius 3 is 2.56 bits per heavy atom. The fourth-order valence-corrected chi connectivity index (χ4v) is 3.33. The van der Waals surface area contributed by atoms with Crippen LogP contribution < -0.4 is 10.6 Å². The van der Waals surface area contributed by atoms with Crippen LogP contribution in [0.5, 0.6) is 0 Å². The molecule has 146 valence electrons. The van der Waals surface area contributed by atoms with Gasteiger partial charge in [-0.15, -0.1) is 0 Å². The minimum absolute atomic E-state index is 0.0270. The molecule has 8 heteroatoms. The van der Waals surface area contributed by atoms with Crippen LogP contribution in [0.25, 0.3) is 0 Å². The quantitative estimate of drug-likeness (QED) is 0.621. The van der Waals surface area contributed by atoms with Crippen LogP contribution in [0, 0.1) is 12.7 Å². The van der Waals surface area contributed by atoms with Gasteiger partial charge in [0.05, 0.1) is 6.04 Å². The number of nitrogens with one attached hydrogen (secondary N) is 2. The Bertz CT molecular complexity index is 805. The maximum atomic E-state index is 13.8. The highest BCUT2D eigenvalue weighted by Gasteiger charge is 2.36. The molecule has 1 fully saturated rings. The molecule has 4 nitrogen and oxygen atoms in total. The molecule has 1 aliphatic carbocycles. The van der Waals surface area contributed by atoms with Crippen molar-refractivity contribution >= 4 is 11.5 Å². The molecule has 0 spiro atoms. The summed E-state index contributed by atoms with van der Waals surface area (Å²) in [5.74, 6) is -3.47. The first kappa shape index (κ1) is 19.3. The van der Waals surface area contributed by atoms with Gasteiger partial charge in [-0.25, -0.2) is 13.5 Å². The van der Waals surface area contributed by atoms with Crippen LogP contribution in [-0.2, 0) is 5.92 Å². The van der Waals surface area contributed by atoms with E-state index in [-0.39, 0.29) is 11.9 Å². The van der Waals surface area contributed by atoms with Gasteiger partial charge in [-0.05, 0) is 43.5 Å². The number of benzene rings is 1. The zero-order valence-corrected chi connectivity index (χ0v) is 15.0. The third-order valence-electron chi connectivity index (χ3n) is 4.57. The van der Waals surface area contributed by atoms with Crippen molar-refractivity contribution in [2.45, 2.75) is 44.6 Å². The zero-order valence-electron chi connectivity index (χ0n) is 15.0. The number of aryl methyl sites for hydroxylation is 1. The smallest absolute Gasteiger partial charge is 0.319 e. The lowest BCUT2D eigenvalue weighted by Gasteiger charge is -2.17. The zero-order chi connectivity index (χ0) is 19.6. The Hall–Kier alpha value is -2.51. The molecule has 3 rings (SSSR count). The molecular formula is C19H22F4N4. The van der Waals surface area contributed by atoms with Crippen molar-refractivity contribution in [1.82, 2.24) is 9.78 Å². The second kappa shape index (κ2) is 7.62. The minimum Gasteiger partial charge on any atom is -0.342 e. The molecule has 1 heterocycles. The van der Waals surface area contributed by atoms with E-state index in [2.05, 4.69) is 22.3 Å². The second-order valence-corrected chi connectivity index (χ2v) is 6.88. The minimum atomic E-state index is -3.64. The summed E-state index contributed by atoms with van der Waals surface area (Å²) in [6.07, 6.45) is 3.61. The van der Waals surface area contributed by atoms with E-state index in [4.69, 9.17) is 0 Å². The standard InChI is InChI=1S/C19H22F4N4/c1-12-7-14(21)9-15(8-12)24-13(2)25-18-10-17(19(22,23)11-20)26-27(18)16-5-3-4-6-16/h7-10,16,24-25H,2-6,11H2,1H3. The topological polar surface area (TPSA) is 41.9 Å². The molecule has 0 unspecified atom stereocenters. The molecule has 1 aromatic heterocycles. The predicted molar refractivity (Wildman–Crippen MR) is 97.1 cm³/mol. The maximum Gasteiger partial charge on any atom is 0.319 e. The van der Waals surface area contributed by atoms with E-state index >= 15 is 0 Å².